The van der Waals surface area contributed by atoms with Crippen molar-refractivity contribution < 1.29 is 13.2 Å². The van der Waals surface area contributed by atoms with Gasteiger partial charge in [0.25, 0.3) is 5.91 Å². The van der Waals surface area contributed by atoms with Gasteiger partial charge in [-0.3, -0.25) is 9.52 Å². The summed E-state index contributed by atoms with van der Waals surface area (Å²) < 4.78 is 25.4. The van der Waals surface area contributed by atoms with Crippen LogP contribution in [-0.2, 0) is 10.0 Å². The van der Waals surface area contributed by atoms with Crippen molar-refractivity contribution in [1.29, 1.82) is 0 Å². The van der Waals surface area contributed by atoms with Crippen molar-refractivity contribution in [3.8, 4) is 0 Å². The third-order valence-electron chi connectivity index (χ3n) is 3.91. The molecule has 0 fully saturated rings. The van der Waals surface area contributed by atoms with Gasteiger partial charge < -0.3 is 5.32 Å². The van der Waals surface area contributed by atoms with Gasteiger partial charge in [-0.05, 0) is 36.1 Å². The van der Waals surface area contributed by atoms with Crippen LogP contribution in [0.4, 0.5) is 5.69 Å². The van der Waals surface area contributed by atoms with Crippen LogP contribution < -0.4 is 10.0 Å². The Hall–Kier alpha value is -2.34. The summed E-state index contributed by atoms with van der Waals surface area (Å²) in [5, 5.41) is 3.04. The number of sulfonamides is 1. The summed E-state index contributed by atoms with van der Waals surface area (Å²) >= 11 is 0. The molecule has 0 heterocycles. The van der Waals surface area contributed by atoms with Gasteiger partial charge in [0.1, 0.15) is 0 Å². The molecule has 0 spiro atoms. The SMILES string of the molecule is Cc1ccc(C(=O)NC(c2ccccc2)C(C)C)cc1NS(C)(=O)=O. The molecule has 1 amide bonds. The molecule has 2 aromatic rings. The molecule has 5 nitrogen and oxygen atoms in total. The number of anilines is 1. The Labute approximate surface area is 149 Å². The van der Waals surface area contributed by atoms with E-state index in [-0.39, 0.29) is 17.9 Å². The third kappa shape index (κ3) is 5.32. The van der Waals surface area contributed by atoms with E-state index in [1.165, 1.54) is 0 Å². The van der Waals surface area contributed by atoms with Gasteiger partial charge in [0.15, 0.2) is 0 Å². The maximum absolute atomic E-state index is 12.7. The van der Waals surface area contributed by atoms with E-state index in [9.17, 15) is 13.2 Å². The molecule has 25 heavy (non-hydrogen) atoms. The second-order valence-corrected chi connectivity index (χ2v) is 8.26. The molecule has 1 unspecified atom stereocenters. The van der Waals surface area contributed by atoms with E-state index in [2.05, 4.69) is 10.0 Å². The van der Waals surface area contributed by atoms with Gasteiger partial charge in [0, 0.05) is 5.56 Å². The lowest BCUT2D eigenvalue weighted by atomic mass is 9.95. The van der Waals surface area contributed by atoms with Crippen LogP contribution in [0.1, 0.15) is 41.4 Å². The molecule has 0 aliphatic heterocycles. The van der Waals surface area contributed by atoms with Crippen molar-refractivity contribution in [2.45, 2.75) is 26.8 Å². The highest BCUT2D eigenvalue weighted by atomic mass is 32.2. The lowest BCUT2D eigenvalue weighted by molar-refractivity contribution is 0.0925. The number of aryl methyl sites for hydroxylation is 1. The molecule has 0 radical (unpaired) electrons. The Morgan fingerprint density at radius 1 is 1.04 bits per heavy atom. The van der Waals surface area contributed by atoms with Crippen molar-refractivity contribution in [3.63, 3.8) is 0 Å². The molecular weight excluding hydrogens is 336 g/mol. The highest BCUT2D eigenvalue weighted by molar-refractivity contribution is 7.92. The summed E-state index contributed by atoms with van der Waals surface area (Å²) in [6.45, 7) is 5.88. The minimum absolute atomic E-state index is 0.124. The van der Waals surface area contributed by atoms with E-state index in [4.69, 9.17) is 0 Å². The number of benzene rings is 2. The molecule has 134 valence electrons. The summed E-state index contributed by atoms with van der Waals surface area (Å²) in [4.78, 5) is 12.7. The van der Waals surface area contributed by atoms with Gasteiger partial charge in [-0.1, -0.05) is 50.2 Å². The first kappa shape index (κ1) is 19.0. The maximum Gasteiger partial charge on any atom is 0.251 e. The average Bonchev–Trinajstić information content (AvgIpc) is 2.53. The zero-order valence-corrected chi connectivity index (χ0v) is 15.7. The molecule has 2 N–H and O–H groups in total. The predicted molar refractivity (Wildman–Crippen MR) is 101 cm³/mol. The van der Waals surface area contributed by atoms with Gasteiger partial charge in [0.2, 0.25) is 10.0 Å². The second kappa shape index (κ2) is 7.70. The van der Waals surface area contributed by atoms with Crippen LogP contribution in [-0.4, -0.2) is 20.6 Å². The molecule has 0 aliphatic carbocycles. The molecular formula is C19H24N2O3S. The van der Waals surface area contributed by atoms with Gasteiger partial charge in [0.05, 0.1) is 18.0 Å². The number of carbonyl (C=O) groups is 1. The van der Waals surface area contributed by atoms with Crippen molar-refractivity contribution in [2.75, 3.05) is 11.0 Å². The van der Waals surface area contributed by atoms with Crippen LogP contribution in [0.25, 0.3) is 0 Å². The molecule has 6 heteroatoms. The monoisotopic (exact) mass is 360 g/mol. The lowest BCUT2D eigenvalue weighted by Gasteiger charge is -2.23. The van der Waals surface area contributed by atoms with E-state index < -0.39 is 10.0 Å². The Kier molecular flexibility index (Phi) is 5.85. The van der Waals surface area contributed by atoms with E-state index in [1.54, 1.807) is 25.1 Å². The van der Waals surface area contributed by atoms with Gasteiger partial charge in [-0.15, -0.1) is 0 Å². The third-order valence-corrected chi connectivity index (χ3v) is 4.50. The van der Waals surface area contributed by atoms with Crippen LogP contribution in [0, 0.1) is 12.8 Å². The standard InChI is InChI=1S/C19H24N2O3S/c1-13(2)18(15-8-6-5-7-9-15)20-19(22)16-11-10-14(3)17(12-16)21-25(4,23)24/h5-13,18,21H,1-4H3,(H,20,22). The Morgan fingerprint density at radius 3 is 2.24 bits per heavy atom. The van der Waals surface area contributed by atoms with E-state index in [0.717, 1.165) is 17.4 Å². The van der Waals surface area contributed by atoms with Gasteiger partial charge in [-0.25, -0.2) is 8.42 Å². The number of hydrogen-bond acceptors (Lipinski definition) is 3. The Bertz CT molecular complexity index is 846. The van der Waals surface area contributed by atoms with Gasteiger partial charge in [-0.2, -0.15) is 0 Å². The molecule has 2 rings (SSSR count). The first-order valence-corrected chi connectivity index (χ1v) is 10.0. The topological polar surface area (TPSA) is 75.3 Å². The lowest BCUT2D eigenvalue weighted by Crippen LogP contribution is -2.31. The van der Waals surface area contributed by atoms with Crippen LogP contribution >= 0.6 is 0 Å². The predicted octanol–water partition coefficient (Wildman–Crippen LogP) is 3.49. The highest BCUT2D eigenvalue weighted by Gasteiger charge is 2.19. The van der Waals surface area contributed by atoms with E-state index in [0.29, 0.717) is 11.3 Å². The number of amides is 1. The van der Waals surface area contributed by atoms with Crippen molar-refractivity contribution >= 4 is 21.6 Å². The zero-order chi connectivity index (χ0) is 18.6. The van der Waals surface area contributed by atoms with Crippen molar-refractivity contribution in [2.24, 2.45) is 5.92 Å². The molecule has 0 bridgehead atoms. The molecule has 0 saturated carbocycles. The zero-order valence-electron chi connectivity index (χ0n) is 14.9. The van der Waals surface area contributed by atoms with Crippen molar-refractivity contribution in [3.05, 3.63) is 65.2 Å². The fourth-order valence-corrected chi connectivity index (χ4v) is 3.21. The fraction of sp³-hybridized carbons (Fsp3) is 0.316. The normalized spacial score (nSPS) is 12.7. The summed E-state index contributed by atoms with van der Waals surface area (Å²) in [6, 6.07) is 14.7. The largest absolute Gasteiger partial charge is 0.345 e. The molecule has 0 aliphatic rings. The minimum Gasteiger partial charge on any atom is -0.345 e. The van der Waals surface area contributed by atoms with Crippen LogP contribution in [0.2, 0.25) is 0 Å². The number of rotatable bonds is 6. The number of carbonyl (C=O) groups excluding carboxylic acids is 1. The van der Waals surface area contributed by atoms with Crippen molar-refractivity contribution in [1.82, 2.24) is 5.32 Å². The van der Waals surface area contributed by atoms with E-state index in [1.807, 2.05) is 44.2 Å². The summed E-state index contributed by atoms with van der Waals surface area (Å²) in [5.74, 6) is -0.0236. The minimum atomic E-state index is -3.40. The summed E-state index contributed by atoms with van der Waals surface area (Å²) in [6.07, 6.45) is 1.09. The average molecular weight is 360 g/mol. The van der Waals surface area contributed by atoms with E-state index >= 15 is 0 Å². The second-order valence-electron chi connectivity index (χ2n) is 6.51. The quantitative estimate of drug-likeness (QED) is 0.828. The molecule has 1 atom stereocenters. The van der Waals surface area contributed by atoms with Gasteiger partial charge >= 0.3 is 0 Å². The molecule has 0 saturated heterocycles. The number of nitrogens with one attached hydrogen (secondary N) is 2. The van der Waals surface area contributed by atoms with Crippen LogP contribution in [0.3, 0.4) is 0 Å². The Balaban J connectivity index is 2.26. The fourth-order valence-electron chi connectivity index (χ4n) is 2.59. The van der Waals surface area contributed by atoms with Crippen LogP contribution in [0.15, 0.2) is 48.5 Å². The first-order valence-electron chi connectivity index (χ1n) is 8.11. The Morgan fingerprint density at radius 2 is 1.68 bits per heavy atom. The molecule has 2 aromatic carbocycles. The summed E-state index contributed by atoms with van der Waals surface area (Å²) in [5.41, 5.74) is 2.62. The van der Waals surface area contributed by atoms with Crippen LogP contribution in [0.5, 0.6) is 0 Å². The summed E-state index contributed by atoms with van der Waals surface area (Å²) in [7, 11) is -3.40. The highest BCUT2D eigenvalue weighted by Crippen LogP contribution is 2.23. The maximum atomic E-state index is 12.7. The number of hydrogen-bond donors (Lipinski definition) is 2. The first-order chi connectivity index (χ1) is 11.7. The molecule has 0 aromatic heterocycles. The smallest absolute Gasteiger partial charge is 0.251 e.